The number of aromatic amines is 1. The van der Waals surface area contributed by atoms with E-state index in [-0.39, 0.29) is 28.6 Å². The number of hydrogen-bond donors (Lipinski definition) is 1. The minimum atomic E-state index is -4.47. The van der Waals surface area contributed by atoms with Gasteiger partial charge in [-0.3, -0.25) is 4.79 Å². The van der Waals surface area contributed by atoms with Gasteiger partial charge in [0.2, 0.25) is 16.9 Å². The Bertz CT molecular complexity index is 1560. The molecule has 0 amide bonds. The van der Waals surface area contributed by atoms with E-state index in [4.69, 9.17) is 4.52 Å². The Morgan fingerprint density at radius 3 is 2.63 bits per heavy atom. The normalized spacial score (nSPS) is 11.9. The summed E-state index contributed by atoms with van der Waals surface area (Å²) in [5, 5.41) is 15.2. The first-order valence-corrected chi connectivity index (χ1v) is 11.5. The van der Waals surface area contributed by atoms with Crippen LogP contribution in [-0.4, -0.2) is 30.0 Å². The highest BCUT2D eigenvalue weighted by Gasteiger charge is 2.30. The van der Waals surface area contributed by atoms with Crippen LogP contribution < -0.4 is 5.56 Å². The van der Waals surface area contributed by atoms with Gasteiger partial charge in [0, 0.05) is 11.1 Å². The van der Waals surface area contributed by atoms with Crippen molar-refractivity contribution in [1.29, 1.82) is 0 Å². The Hall–Kier alpha value is -3.93. The second-order valence-corrected chi connectivity index (χ2v) is 8.53. The average molecular weight is 498 g/mol. The molecule has 0 aliphatic carbocycles. The minimum Gasteiger partial charge on any atom is -0.338 e. The second-order valence-electron chi connectivity index (χ2n) is 7.59. The molecule has 0 fully saturated rings. The number of hydrogen-bond acceptors (Lipinski definition) is 7. The van der Waals surface area contributed by atoms with Crippen molar-refractivity contribution in [3.8, 4) is 22.6 Å². The summed E-state index contributed by atoms with van der Waals surface area (Å²) < 4.78 is 45.6. The van der Waals surface area contributed by atoms with Crippen LogP contribution in [0.2, 0.25) is 0 Å². The molecule has 0 saturated carbocycles. The van der Waals surface area contributed by atoms with Gasteiger partial charge in [0.25, 0.3) is 5.56 Å². The molecule has 2 aromatic carbocycles. The first-order valence-electron chi connectivity index (χ1n) is 10.5. The zero-order chi connectivity index (χ0) is 24.6. The van der Waals surface area contributed by atoms with Gasteiger partial charge in [0.1, 0.15) is 5.52 Å². The number of aryl methyl sites for hydroxylation is 1. The van der Waals surface area contributed by atoms with Gasteiger partial charge in [-0.1, -0.05) is 60.2 Å². The summed E-state index contributed by atoms with van der Waals surface area (Å²) >= 11 is 1.19. The summed E-state index contributed by atoms with van der Waals surface area (Å²) in [5.74, 6) is 0.398. The molecule has 8 nitrogen and oxygen atoms in total. The smallest absolute Gasteiger partial charge is 0.338 e. The van der Waals surface area contributed by atoms with Gasteiger partial charge in [0.15, 0.2) is 0 Å². The highest BCUT2D eigenvalue weighted by molar-refractivity contribution is 7.98. The van der Waals surface area contributed by atoms with Gasteiger partial charge in [-0.15, -0.1) is 5.10 Å². The van der Waals surface area contributed by atoms with Crippen molar-refractivity contribution in [2.45, 2.75) is 30.4 Å². The summed E-state index contributed by atoms with van der Waals surface area (Å²) in [5.41, 5.74) is 2.01. The number of thioether (sulfide) groups is 1. The molecule has 0 unspecified atom stereocenters. The topological polar surface area (TPSA) is 102 Å². The quantitative estimate of drug-likeness (QED) is 0.329. The lowest BCUT2D eigenvalue weighted by Crippen LogP contribution is -2.13. The van der Waals surface area contributed by atoms with Crippen molar-refractivity contribution in [3.63, 3.8) is 0 Å². The van der Waals surface area contributed by atoms with Crippen molar-refractivity contribution in [1.82, 2.24) is 30.0 Å². The zero-order valence-corrected chi connectivity index (χ0v) is 19.0. The fraction of sp³-hybridized carbons (Fsp3) is 0.174. The fourth-order valence-electron chi connectivity index (χ4n) is 3.43. The van der Waals surface area contributed by atoms with E-state index in [0.29, 0.717) is 16.4 Å². The van der Waals surface area contributed by atoms with E-state index < -0.39 is 11.7 Å². The molecule has 0 radical (unpaired) electrons. The molecular weight excluding hydrogens is 481 g/mol. The lowest BCUT2D eigenvalue weighted by atomic mass is 10.1. The van der Waals surface area contributed by atoms with Gasteiger partial charge < -0.3 is 4.52 Å². The molecule has 1 N–H and O–H groups in total. The Balaban J connectivity index is 1.38. The number of fused-ring (bicyclic) bond motifs is 1. The summed E-state index contributed by atoms with van der Waals surface area (Å²) in [6, 6.07) is 14.3. The second kappa shape index (κ2) is 9.02. The van der Waals surface area contributed by atoms with Crippen LogP contribution in [-0.2, 0) is 18.3 Å². The minimum absolute atomic E-state index is 0.0446. The van der Waals surface area contributed by atoms with Gasteiger partial charge >= 0.3 is 6.18 Å². The molecule has 0 aliphatic rings. The Morgan fingerprint density at radius 2 is 1.89 bits per heavy atom. The van der Waals surface area contributed by atoms with Crippen LogP contribution in [0, 0.1) is 0 Å². The number of halogens is 3. The van der Waals surface area contributed by atoms with Crippen LogP contribution in [0.1, 0.15) is 23.9 Å². The molecule has 0 saturated heterocycles. The van der Waals surface area contributed by atoms with E-state index in [1.807, 2.05) is 24.3 Å². The van der Waals surface area contributed by atoms with Crippen molar-refractivity contribution < 1.29 is 17.7 Å². The van der Waals surface area contributed by atoms with Crippen molar-refractivity contribution in [2.75, 3.05) is 0 Å². The molecule has 0 spiro atoms. The molecule has 12 heteroatoms. The van der Waals surface area contributed by atoms with Gasteiger partial charge in [-0.2, -0.15) is 23.3 Å². The van der Waals surface area contributed by atoms with E-state index in [0.717, 1.165) is 24.1 Å². The highest BCUT2D eigenvalue weighted by atomic mass is 32.2. The average Bonchev–Trinajstić information content (AvgIpc) is 3.52. The fourth-order valence-corrected chi connectivity index (χ4v) is 4.17. The van der Waals surface area contributed by atoms with Crippen molar-refractivity contribution in [2.24, 2.45) is 0 Å². The third-order valence-electron chi connectivity index (χ3n) is 5.28. The zero-order valence-electron chi connectivity index (χ0n) is 18.2. The van der Waals surface area contributed by atoms with Crippen LogP contribution >= 0.6 is 11.8 Å². The Kier molecular flexibility index (Phi) is 5.89. The number of benzene rings is 2. The molecule has 0 atom stereocenters. The first-order chi connectivity index (χ1) is 16.8. The number of nitrogens with one attached hydrogen (secondary N) is 1. The maximum atomic E-state index is 13.0. The van der Waals surface area contributed by atoms with Crippen LogP contribution in [0.4, 0.5) is 13.2 Å². The van der Waals surface area contributed by atoms with E-state index in [1.165, 1.54) is 34.0 Å². The highest BCUT2D eigenvalue weighted by Crippen LogP contribution is 2.32. The number of alkyl halides is 3. The molecule has 0 bridgehead atoms. The summed E-state index contributed by atoms with van der Waals surface area (Å²) in [4.78, 5) is 16.5. The molecule has 3 heterocycles. The van der Waals surface area contributed by atoms with Crippen LogP contribution in [0.15, 0.2) is 69.1 Å². The third-order valence-corrected chi connectivity index (χ3v) is 6.19. The maximum Gasteiger partial charge on any atom is 0.416 e. The monoisotopic (exact) mass is 498 g/mol. The van der Waals surface area contributed by atoms with Gasteiger partial charge in [0.05, 0.1) is 17.0 Å². The maximum absolute atomic E-state index is 13.0. The summed E-state index contributed by atoms with van der Waals surface area (Å²) in [7, 11) is 0. The summed E-state index contributed by atoms with van der Waals surface area (Å²) in [6.07, 6.45) is -3.55. The SMILES string of the molecule is CCc1ccc(-c2cc3c(=O)[nH]nc(SCc4nc(-c5cccc(C(F)(F)F)c5)no4)n3n2)cc1. The van der Waals surface area contributed by atoms with Crippen LogP contribution in [0.5, 0.6) is 0 Å². The van der Waals surface area contributed by atoms with Crippen molar-refractivity contribution in [3.05, 3.63) is 82.0 Å². The number of aromatic nitrogens is 6. The standard InChI is InChI=1S/C23H17F3N6O2S/c1-2-13-6-8-14(9-7-13)17-11-18-21(33)28-29-22(32(18)30-17)35-12-19-27-20(31-34-19)15-4-3-5-16(10-15)23(24,25)26/h3-11H,2,12H2,1H3,(H,28,33). The first kappa shape index (κ1) is 22.8. The van der Waals surface area contributed by atoms with Crippen LogP contribution in [0.25, 0.3) is 28.2 Å². The molecule has 5 aromatic rings. The number of H-pyrrole nitrogens is 1. The number of rotatable bonds is 6. The molecule has 35 heavy (non-hydrogen) atoms. The van der Waals surface area contributed by atoms with E-state index in [1.54, 1.807) is 6.07 Å². The van der Waals surface area contributed by atoms with E-state index >= 15 is 0 Å². The molecule has 178 valence electrons. The molecule has 3 aromatic heterocycles. The Labute approximate surface area is 200 Å². The molecular formula is C23H17F3N6O2S. The lowest BCUT2D eigenvalue weighted by Gasteiger charge is -2.06. The van der Waals surface area contributed by atoms with Gasteiger partial charge in [-0.05, 0) is 30.2 Å². The molecule has 0 aliphatic heterocycles. The lowest BCUT2D eigenvalue weighted by molar-refractivity contribution is -0.137. The van der Waals surface area contributed by atoms with Crippen molar-refractivity contribution >= 4 is 17.3 Å². The third kappa shape index (κ3) is 4.69. The molecule has 5 rings (SSSR count). The van der Waals surface area contributed by atoms with Gasteiger partial charge in [-0.25, -0.2) is 9.61 Å². The largest absolute Gasteiger partial charge is 0.416 e. The van der Waals surface area contributed by atoms with E-state index in [9.17, 15) is 18.0 Å². The predicted molar refractivity (Wildman–Crippen MR) is 123 cm³/mol. The predicted octanol–water partition coefficient (Wildman–Crippen LogP) is 5.01. The van der Waals surface area contributed by atoms with E-state index in [2.05, 4.69) is 32.4 Å². The number of nitrogens with zero attached hydrogens (tertiary/aromatic N) is 5. The van der Waals surface area contributed by atoms with Crippen LogP contribution in [0.3, 0.4) is 0 Å². The summed E-state index contributed by atoms with van der Waals surface area (Å²) in [6.45, 7) is 2.07. The Morgan fingerprint density at radius 1 is 1.09 bits per heavy atom.